The molecule has 4 nitrogen and oxygen atoms in total. The van der Waals surface area contributed by atoms with E-state index in [1.165, 1.54) is 30.2 Å². The molecule has 1 aliphatic carbocycles. The van der Waals surface area contributed by atoms with Crippen LogP contribution < -0.4 is 5.32 Å². The molecule has 0 bridgehead atoms. The summed E-state index contributed by atoms with van der Waals surface area (Å²) in [5.41, 5.74) is 3.46. The molecule has 0 aliphatic heterocycles. The number of benzene rings is 2. The largest absolute Gasteiger partial charge is 0.452 e. The van der Waals surface area contributed by atoms with Gasteiger partial charge in [-0.05, 0) is 61.1 Å². The molecule has 1 aliphatic rings. The van der Waals surface area contributed by atoms with E-state index in [1.54, 1.807) is 0 Å². The minimum atomic E-state index is -1.04. The average molecular weight is 376 g/mol. The second kappa shape index (κ2) is 7.87. The zero-order chi connectivity index (χ0) is 18.7. The molecule has 26 heavy (non-hydrogen) atoms. The molecule has 0 spiro atoms. The van der Waals surface area contributed by atoms with Crippen molar-refractivity contribution in [2.24, 2.45) is 0 Å². The SMILES string of the molecule is C[C@H](OC(=O)Cc1ccc2c(c1)CCC2)C(=O)Nc1ccc(Cl)cc1F. The molecular weight excluding hydrogens is 357 g/mol. The molecule has 0 saturated carbocycles. The fraction of sp³-hybridized carbons (Fsp3) is 0.300. The molecule has 0 fully saturated rings. The number of rotatable bonds is 5. The normalized spacial score (nSPS) is 13.8. The lowest BCUT2D eigenvalue weighted by Crippen LogP contribution is -2.30. The molecule has 0 radical (unpaired) electrons. The van der Waals surface area contributed by atoms with E-state index in [0.717, 1.165) is 30.9 Å². The van der Waals surface area contributed by atoms with Gasteiger partial charge < -0.3 is 10.1 Å². The summed E-state index contributed by atoms with van der Waals surface area (Å²) in [4.78, 5) is 24.2. The molecule has 1 atom stereocenters. The molecule has 6 heteroatoms. The van der Waals surface area contributed by atoms with Gasteiger partial charge in [0.2, 0.25) is 0 Å². The highest BCUT2D eigenvalue weighted by molar-refractivity contribution is 6.30. The van der Waals surface area contributed by atoms with E-state index in [1.807, 2.05) is 18.2 Å². The smallest absolute Gasteiger partial charge is 0.311 e. The van der Waals surface area contributed by atoms with Crippen LogP contribution in [0.1, 0.15) is 30.0 Å². The summed E-state index contributed by atoms with van der Waals surface area (Å²) in [5.74, 6) is -1.75. The van der Waals surface area contributed by atoms with Crippen molar-refractivity contribution in [3.63, 3.8) is 0 Å². The number of hydrogen-bond donors (Lipinski definition) is 1. The number of nitrogens with one attached hydrogen (secondary N) is 1. The monoisotopic (exact) mass is 375 g/mol. The zero-order valence-electron chi connectivity index (χ0n) is 14.4. The quantitative estimate of drug-likeness (QED) is 0.801. The predicted octanol–water partition coefficient (Wildman–Crippen LogP) is 4.08. The molecule has 0 unspecified atom stereocenters. The number of hydrogen-bond acceptors (Lipinski definition) is 3. The minimum Gasteiger partial charge on any atom is -0.452 e. The van der Waals surface area contributed by atoms with E-state index >= 15 is 0 Å². The highest BCUT2D eigenvalue weighted by Crippen LogP contribution is 2.23. The Morgan fingerprint density at radius 1 is 1.19 bits per heavy atom. The number of carbonyl (C=O) groups is 2. The van der Waals surface area contributed by atoms with E-state index < -0.39 is 23.8 Å². The van der Waals surface area contributed by atoms with Crippen molar-refractivity contribution in [2.45, 2.75) is 38.7 Å². The van der Waals surface area contributed by atoms with Crippen LogP contribution in [0.3, 0.4) is 0 Å². The Balaban J connectivity index is 1.55. The Hall–Kier alpha value is -2.40. The molecule has 1 N–H and O–H groups in total. The summed E-state index contributed by atoms with van der Waals surface area (Å²) in [6.07, 6.45) is 2.32. The Labute approximate surface area is 156 Å². The molecule has 0 heterocycles. The van der Waals surface area contributed by atoms with E-state index in [9.17, 15) is 14.0 Å². The maximum atomic E-state index is 13.7. The van der Waals surface area contributed by atoms with Crippen molar-refractivity contribution in [2.75, 3.05) is 5.32 Å². The van der Waals surface area contributed by atoms with Crippen LogP contribution in [-0.2, 0) is 33.6 Å². The summed E-state index contributed by atoms with van der Waals surface area (Å²) >= 11 is 5.68. The third-order valence-electron chi connectivity index (χ3n) is 4.38. The van der Waals surface area contributed by atoms with Crippen molar-refractivity contribution in [3.05, 3.63) is 63.9 Å². The molecule has 0 aromatic heterocycles. The summed E-state index contributed by atoms with van der Waals surface area (Å²) < 4.78 is 18.9. The van der Waals surface area contributed by atoms with Crippen LogP contribution in [0, 0.1) is 5.82 Å². The van der Waals surface area contributed by atoms with Gasteiger partial charge in [-0.2, -0.15) is 0 Å². The van der Waals surface area contributed by atoms with Crippen molar-refractivity contribution in [1.82, 2.24) is 0 Å². The molecule has 3 rings (SSSR count). The number of esters is 1. The van der Waals surface area contributed by atoms with Gasteiger partial charge >= 0.3 is 5.97 Å². The summed E-state index contributed by atoms with van der Waals surface area (Å²) in [7, 11) is 0. The average Bonchev–Trinajstić information content (AvgIpc) is 3.04. The topological polar surface area (TPSA) is 55.4 Å². The van der Waals surface area contributed by atoms with Gasteiger partial charge in [-0.25, -0.2) is 4.39 Å². The number of amides is 1. The number of carbonyl (C=O) groups excluding carboxylic acids is 2. The first-order valence-electron chi connectivity index (χ1n) is 8.48. The minimum absolute atomic E-state index is 0.0130. The van der Waals surface area contributed by atoms with Gasteiger partial charge in [0.25, 0.3) is 5.91 Å². The first-order valence-corrected chi connectivity index (χ1v) is 8.86. The summed E-state index contributed by atoms with van der Waals surface area (Å²) in [5, 5.41) is 2.62. The number of ether oxygens (including phenoxy) is 1. The Bertz CT molecular complexity index is 853. The lowest BCUT2D eigenvalue weighted by Gasteiger charge is -2.14. The first kappa shape index (κ1) is 18.4. The van der Waals surface area contributed by atoms with Gasteiger partial charge in [-0.3, -0.25) is 9.59 Å². The van der Waals surface area contributed by atoms with Gasteiger partial charge in [0.05, 0.1) is 12.1 Å². The maximum absolute atomic E-state index is 13.7. The van der Waals surface area contributed by atoms with Crippen molar-refractivity contribution < 1.29 is 18.7 Å². The summed E-state index contributed by atoms with van der Waals surface area (Å²) in [6, 6.07) is 9.90. The maximum Gasteiger partial charge on any atom is 0.311 e. The first-order chi connectivity index (χ1) is 12.4. The third kappa shape index (κ3) is 4.41. The van der Waals surface area contributed by atoms with Gasteiger partial charge in [0, 0.05) is 5.02 Å². The van der Waals surface area contributed by atoms with Crippen LogP contribution in [-0.4, -0.2) is 18.0 Å². The van der Waals surface area contributed by atoms with Gasteiger partial charge in [0.15, 0.2) is 6.10 Å². The van der Waals surface area contributed by atoms with E-state index in [-0.39, 0.29) is 17.1 Å². The van der Waals surface area contributed by atoms with Crippen LogP contribution in [0.2, 0.25) is 5.02 Å². The molecule has 2 aromatic carbocycles. The third-order valence-corrected chi connectivity index (χ3v) is 4.61. The second-order valence-corrected chi connectivity index (χ2v) is 6.82. The molecule has 136 valence electrons. The highest BCUT2D eigenvalue weighted by atomic mass is 35.5. The van der Waals surface area contributed by atoms with Gasteiger partial charge in [0.1, 0.15) is 5.82 Å². The second-order valence-electron chi connectivity index (χ2n) is 6.38. The van der Waals surface area contributed by atoms with Crippen LogP contribution in [0.5, 0.6) is 0 Å². The Kier molecular flexibility index (Phi) is 5.57. The van der Waals surface area contributed by atoms with Crippen LogP contribution in [0.15, 0.2) is 36.4 Å². The molecule has 0 saturated heterocycles. The lowest BCUT2D eigenvalue weighted by molar-refractivity contribution is -0.152. The van der Waals surface area contributed by atoms with Crippen molar-refractivity contribution in [3.8, 4) is 0 Å². The molecular formula is C20H19ClFNO3. The van der Waals surface area contributed by atoms with Crippen molar-refractivity contribution >= 4 is 29.2 Å². The lowest BCUT2D eigenvalue weighted by atomic mass is 10.0. The van der Waals surface area contributed by atoms with Crippen LogP contribution in [0.25, 0.3) is 0 Å². The van der Waals surface area contributed by atoms with E-state index in [0.29, 0.717) is 0 Å². The molecule has 1 amide bonds. The number of fused-ring (bicyclic) bond motifs is 1. The van der Waals surface area contributed by atoms with Crippen LogP contribution >= 0.6 is 11.6 Å². The number of anilines is 1. The van der Waals surface area contributed by atoms with E-state index in [2.05, 4.69) is 5.32 Å². The highest BCUT2D eigenvalue weighted by Gasteiger charge is 2.20. The standard InChI is InChI=1S/C20H19ClFNO3/c1-12(20(25)23-18-8-7-16(21)11-17(18)22)26-19(24)10-13-5-6-14-3-2-4-15(14)9-13/h5-9,11-12H,2-4,10H2,1H3,(H,23,25)/t12-/m0/s1. The van der Waals surface area contributed by atoms with Gasteiger partial charge in [-0.1, -0.05) is 29.8 Å². The van der Waals surface area contributed by atoms with E-state index in [4.69, 9.17) is 16.3 Å². The predicted molar refractivity (Wildman–Crippen MR) is 97.8 cm³/mol. The fourth-order valence-corrected chi connectivity index (χ4v) is 3.18. The Morgan fingerprint density at radius 2 is 1.96 bits per heavy atom. The van der Waals surface area contributed by atoms with Crippen molar-refractivity contribution in [1.29, 1.82) is 0 Å². The number of aryl methyl sites for hydroxylation is 2. The Morgan fingerprint density at radius 3 is 2.73 bits per heavy atom. The zero-order valence-corrected chi connectivity index (χ0v) is 15.1. The number of halogens is 2. The fourth-order valence-electron chi connectivity index (χ4n) is 3.02. The molecule has 2 aromatic rings. The van der Waals surface area contributed by atoms with Crippen LogP contribution in [0.4, 0.5) is 10.1 Å². The van der Waals surface area contributed by atoms with Gasteiger partial charge in [-0.15, -0.1) is 0 Å². The summed E-state index contributed by atoms with van der Waals surface area (Å²) in [6.45, 7) is 1.45.